The maximum atomic E-state index is 10.0. The van der Waals surface area contributed by atoms with Gasteiger partial charge in [-0.05, 0) is 46.8 Å². The van der Waals surface area contributed by atoms with Crippen LogP contribution in [0.3, 0.4) is 0 Å². The lowest BCUT2D eigenvalue weighted by Gasteiger charge is -2.16. The predicted octanol–water partition coefficient (Wildman–Crippen LogP) is 2.94. The molecule has 0 amide bonds. The smallest absolute Gasteiger partial charge is 0.0623 e. The van der Waals surface area contributed by atoms with E-state index in [-0.39, 0.29) is 6.10 Å². The normalized spacial score (nSPS) is 19.3. The van der Waals surface area contributed by atoms with E-state index < -0.39 is 0 Å². The Balaban J connectivity index is 1.92. The topological polar surface area (TPSA) is 33.1 Å². The fraction of sp³-hybridized carbons (Fsp3) is 0.583. The number of aliphatic hydroxyl groups excluding tert-OH is 1. The van der Waals surface area contributed by atoms with Crippen LogP contribution in [0.1, 0.15) is 31.4 Å². The Morgan fingerprint density at radius 3 is 2.73 bits per heavy atom. The summed E-state index contributed by atoms with van der Waals surface area (Å²) >= 11 is 3.35. The molecule has 2 rings (SSSR count). The summed E-state index contributed by atoms with van der Waals surface area (Å²) in [6.07, 6.45) is 7.18. The van der Waals surface area contributed by atoms with Crippen LogP contribution in [-0.4, -0.2) is 16.2 Å². The Morgan fingerprint density at radius 2 is 2.13 bits per heavy atom. The van der Waals surface area contributed by atoms with Crippen LogP contribution >= 0.6 is 15.9 Å². The second-order valence-electron chi connectivity index (χ2n) is 4.28. The molecule has 1 unspecified atom stereocenters. The van der Waals surface area contributed by atoms with Crippen molar-refractivity contribution in [2.45, 2.75) is 38.2 Å². The van der Waals surface area contributed by atoms with E-state index >= 15 is 0 Å². The van der Waals surface area contributed by atoms with Gasteiger partial charge in [0, 0.05) is 22.8 Å². The summed E-state index contributed by atoms with van der Waals surface area (Å²) in [5.74, 6) is 0.496. The van der Waals surface area contributed by atoms with Crippen LogP contribution in [0.4, 0.5) is 0 Å². The molecule has 0 bridgehead atoms. The van der Waals surface area contributed by atoms with Crippen molar-refractivity contribution in [3.05, 3.63) is 28.5 Å². The van der Waals surface area contributed by atoms with Gasteiger partial charge in [0.05, 0.1) is 6.10 Å². The first-order valence-corrected chi connectivity index (χ1v) is 6.33. The molecule has 1 heterocycles. The first-order valence-electron chi connectivity index (χ1n) is 5.54. The first-order chi connectivity index (χ1) is 7.25. The third-order valence-electron chi connectivity index (χ3n) is 3.15. The van der Waals surface area contributed by atoms with Crippen LogP contribution in [-0.2, 0) is 6.42 Å². The van der Waals surface area contributed by atoms with Gasteiger partial charge in [-0.1, -0.05) is 12.8 Å². The van der Waals surface area contributed by atoms with Crippen molar-refractivity contribution < 1.29 is 5.11 Å². The molecule has 2 nitrogen and oxygen atoms in total. The van der Waals surface area contributed by atoms with E-state index in [1.807, 2.05) is 12.1 Å². The number of aliphatic hydroxyl groups is 1. The molecule has 1 fully saturated rings. The van der Waals surface area contributed by atoms with Gasteiger partial charge in [-0.15, -0.1) is 0 Å². The quantitative estimate of drug-likeness (QED) is 0.916. The molecule has 0 radical (unpaired) electrons. The lowest BCUT2D eigenvalue weighted by atomic mass is 9.97. The molecule has 82 valence electrons. The highest BCUT2D eigenvalue weighted by atomic mass is 79.9. The van der Waals surface area contributed by atoms with E-state index in [9.17, 15) is 5.11 Å². The number of nitrogens with zero attached hydrogens (tertiary/aromatic N) is 1. The summed E-state index contributed by atoms with van der Waals surface area (Å²) < 4.78 is 0.988. The number of pyridine rings is 1. The average Bonchev–Trinajstić information content (AvgIpc) is 2.74. The molecule has 15 heavy (non-hydrogen) atoms. The van der Waals surface area contributed by atoms with Gasteiger partial charge in [0.15, 0.2) is 0 Å². The van der Waals surface area contributed by atoms with Crippen LogP contribution in [0.25, 0.3) is 0 Å². The fourth-order valence-corrected chi connectivity index (χ4v) is 2.48. The average molecular weight is 270 g/mol. The Bertz CT molecular complexity index is 306. The molecule has 1 saturated carbocycles. The van der Waals surface area contributed by atoms with Gasteiger partial charge >= 0.3 is 0 Å². The van der Waals surface area contributed by atoms with E-state index in [0.717, 1.165) is 10.2 Å². The van der Waals surface area contributed by atoms with Crippen LogP contribution in [0.15, 0.2) is 22.8 Å². The van der Waals surface area contributed by atoms with Gasteiger partial charge in [-0.25, -0.2) is 0 Å². The van der Waals surface area contributed by atoms with Crippen molar-refractivity contribution in [1.82, 2.24) is 4.98 Å². The van der Waals surface area contributed by atoms with Gasteiger partial charge in [0.25, 0.3) is 0 Å². The highest BCUT2D eigenvalue weighted by Crippen LogP contribution is 2.28. The Kier molecular flexibility index (Phi) is 3.76. The highest BCUT2D eigenvalue weighted by Gasteiger charge is 2.23. The first kappa shape index (κ1) is 11.1. The minimum absolute atomic E-state index is 0.207. The third-order valence-corrected chi connectivity index (χ3v) is 3.62. The van der Waals surface area contributed by atoms with Crippen LogP contribution in [0, 0.1) is 5.92 Å². The summed E-state index contributed by atoms with van der Waals surface area (Å²) in [5, 5.41) is 10.0. The molecule has 1 N–H and O–H groups in total. The lowest BCUT2D eigenvalue weighted by molar-refractivity contribution is 0.110. The number of halogens is 1. The summed E-state index contributed by atoms with van der Waals surface area (Å²) in [7, 11) is 0. The second kappa shape index (κ2) is 5.08. The minimum Gasteiger partial charge on any atom is -0.392 e. The number of aromatic nitrogens is 1. The standard InChI is InChI=1S/C12H16BrNO/c13-10-5-6-11(14-8-10)7-12(15)9-3-1-2-4-9/h5-6,8-9,12,15H,1-4,7H2. The molecule has 1 aromatic rings. The Labute approximate surface area is 98.9 Å². The third kappa shape index (κ3) is 3.02. The van der Waals surface area contributed by atoms with Crippen molar-refractivity contribution in [1.29, 1.82) is 0 Å². The van der Waals surface area contributed by atoms with E-state index in [2.05, 4.69) is 20.9 Å². The van der Waals surface area contributed by atoms with Crippen molar-refractivity contribution in [2.75, 3.05) is 0 Å². The molecular formula is C12H16BrNO. The maximum Gasteiger partial charge on any atom is 0.0623 e. The number of rotatable bonds is 3. The second-order valence-corrected chi connectivity index (χ2v) is 5.20. The fourth-order valence-electron chi connectivity index (χ4n) is 2.25. The lowest BCUT2D eigenvalue weighted by Crippen LogP contribution is -2.20. The van der Waals surface area contributed by atoms with Gasteiger partial charge in [-0.3, -0.25) is 4.98 Å². The molecule has 1 aliphatic carbocycles. The van der Waals surface area contributed by atoms with E-state index in [1.165, 1.54) is 25.7 Å². The zero-order valence-electron chi connectivity index (χ0n) is 8.69. The van der Waals surface area contributed by atoms with Crippen molar-refractivity contribution in [3.63, 3.8) is 0 Å². The molecule has 1 aromatic heterocycles. The van der Waals surface area contributed by atoms with E-state index in [4.69, 9.17) is 0 Å². The van der Waals surface area contributed by atoms with Gasteiger partial charge in [-0.2, -0.15) is 0 Å². The summed E-state index contributed by atoms with van der Waals surface area (Å²) in [6.45, 7) is 0. The zero-order valence-corrected chi connectivity index (χ0v) is 10.3. The molecule has 0 aromatic carbocycles. The molecule has 3 heteroatoms. The highest BCUT2D eigenvalue weighted by molar-refractivity contribution is 9.10. The van der Waals surface area contributed by atoms with E-state index in [0.29, 0.717) is 12.3 Å². The van der Waals surface area contributed by atoms with Crippen LogP contribution in [0.5, 0.6) is 0 Å². The number of hydrogen-bond donors (Lipinski definition) is 1. The largest absolute Gasteiger partial charge is 0.392 e. The van der Waals surface area contributed by atoms with Crippen LogP contribution in [0.2, 0.25) is 0 Å². The Hall–Kier alpha value is -0.410. The van der Waals surface area contributed by atoms with E-state index in [1.54, 1.807) is 6.20 Å². The zero-order chi connectivity index (χ0) is 10.7. The Morgan fingerprint density at radius 1 is 1.40 bits per heavy atom. The van der Waals surface area contributed by atoms with Crippen molar-refractivity contribution in [3.8, 4) is 0 Å². The van der Waals surface area contributed by atoms with Crippen LogP contribution < -0.4 is 0 Å². The van der Waals surface area contributed by atoms with Crippen molar-refractivity contribution >= 4 is 15.9 Å². The maximum absolute atomic E-state index is 10.0. The molecule has 0 spiro atoms. The molecule has 0 aliphatic heterocycles. The predicted molar refractivity (Wildman–Crippen MR) is 63.6 cm³/mol. The summed E-state index contributed by atoms with van der Waals surface area (Å²) in [5.41, 5.74) is 0.984. The molecule has 1 atom stereocenters. The minimum atomic E-state index is -0.207. The summed E-state index contributed by atoms with van der Waals surface area (Å²) in [4.78, 5) is 4.28. The van der Waals surface area contributed by atoms with Gasteiger partial charge in [0.2, 0.25) is 0 Å². The van der Waals surface area contributed by atoms with Gasteiger partial charge < -0.3 is 5.11 Å². The molecule has 0 saturated heterocycles. The SMILES string of the molecule is OC(Cc1ccc(Br)cn1)C1CCCC1. The van der Waals surface area contributed by atoms with Gasteiger partial charge in [0.1, 0.15) is 0 Å². The number of hydrogen-bond acceptors (Lipinski definition) is 2. The monoisotopic (exact) mass is 269 g/mol. The van der Waals surface area contributed by atoms with Crippen molar-refractivity contribution in [2.24, 2.45) is 5.92 Å². The molecular weight excluding hydrogens is 254 g/mol. The molecule has 1 aliphatic rings. The summed E-state index contributed by atoms with van der Waals surface area (Å²) in [6, 6.07) is 3.95.